The number of nitrogens with two attached hydrogens (primary N) is 1. The number of aliphatic hydroxyl groups excluding tert-OH is 1. The molecule has 80 valence electrons. The van der Waals surface area contributed by atoms with Gasteiger partial charge in [-0.2, -0.15) is 0 Å². The summed E-state index contributed by atoms with van der Waals surface area (Å²) in [5, 5.41) is 9.04. The largest absolute Gasteiger partial charge is 0.395 e. The van der Waals surface area contributed by atoms with Gasteiger partial charge in [0, 0.05) is 10.9 Å². The molecule has 0 radical (unpaired) electrons. The highest BCUT2D eigenvalue weighted by atomic mass is 35.5. The smallest absolute Gasteiger partial charge is 0.0931 e. The Morgan fingerprint density at radius 1 is 1.57 bits per heavy atom. The quantitative estimate of drug-likeness (QED) is 0.827. The van der Waals surface area contributed by atoms with Gasteiger partial charge in [-0.3, -0.25) is 0 Å². The van der Waals surface area contributed by atoms with Gasteiger partial charge in [0.25, 0.3) is 0 Å². The first-order valence-corrected chi connectivity index (χ1v) is 5.53. The van der Waals surface area contributed by atoms with E-state index in [2.05, 4.69) is 0 Å². The van der Waals surface area contributed by atoms with Crippen LogP contribution < -0.4 is 5.73 Å². The molecule has 1 heterocycles. The zero-order valence-electron chi connectivity index (χ0n) is 8.27. The van der Waals surface area contributed by atoms with Crippen LogP contribution in [0.25, 0.3) is 0 Å². The normalized spacial score (nSPS) is 15.9. The van der Waals surface area contributed by atoms with Crippen LogP contribution in [-0.4, -0.2) is 36.8 Å². The van der Waals surface area contributed by atoms with E-state index in [9.17, 15) is 0 Å². The van der Waals surface area contributed by atoms with Gasteiger partial charge in [-0.05, 0) is 26.2 Å². The van der Waals surface area contributed by atoms with E-state index in [1.54, 1.807) is 0 Å². The minimum absolute atomic E-state index is 0.0255. The molecule has 0 aromatic carbocycles. The van der Waals surface area contributed by atoms with Crippen molar-refractivity contribution in [1.29, 1.82) is 0 Å². The summed E-state index contributed by atoms with van der Waals surface area (Å²) < 4.78 is 0.747. The number of rotatable bonds is 4. The molecule has 14 heavy (non-hydrogen) atoms. The molecule has 0 aliphatic carbocycles. The summed E-state index contributed by atoms with van der Waals surface area (Å²) in [6.07, 6.45) is 0. The molecular weight excluding hydrogens is 220 g/mol. The van der Waals surface area contributed by atoms with Crippen LogP contribution in [0, 0.1) is 0 Å². The summed E-state index contributed by atoms with van der Waals surface area (Å²) >= 11 is 7.35. The van der Waals surface area contributed by atoms with Crippen LogP contribution in [-0.2, 0) is 0 Å². The van der Waals surface area contributed by atoms with Gasteiger partial charge in [0.15, 0.2) is 0 Å². The summed E-state index contributed by atoms with van der Waals surface area (Å²) in [6, 6.07) is 3.55. The lowest BCUT2D eigenvalue weighted by atomic mass is 10.1. The van der Waals surface area contributed by atoms with Gasteiger partial charge >= 0.3 is 0 Å². The van der Waals surface area contributed by atoms with E-state index in [4.69, 9.17) is 22.4 Å². The molecule has 0 saturated carbocycles. The lowest BCUT2D eigenvalue weighted by molar-refractivity contribution is 0.183. The summed E-state index contributed by atoms with van der Waals surface area (Å²) in [6.45, 7) is -0.0294. The van der Waals surface area contributed by atoms with Gasteiger partial charge in [0.05, 0.1) is 17.0 Å². The van der Waals surface area contributed by atoms with Crippen LogP contribution in [0.15, 0.2) is 12.1 Å². The standard InChI is InChI=1S/C9H15ClN2OS/c1-12(2)9(6(11)5-13)7-3-4-8(10)14-7/h3-4,6,9,13H,5,11H2,1-2H3. The summed E-state index contributed by atoms with van der Waals surface area (Å²) in [5.41, 5.74) is 5.83. The maximum Gasteiger partial charge on any atom is 0.0931 e. The number of thiophene rings is 1. The average Bonchev–Trinajstić information content (AvgIpc) is 2.51. The van der Waals surface area contributed by atoms with Crippen molar-refractivity contribution in [2.45, 2.75) is 12.1 Å². The Bertz CT molecular complexity index is 290. The zero-order valence-corrected chi connectivity index (χ0v) is 9.85. The van der Waals surface area contributed by atoms with E-state index in [1.807, 2.05) is 31.1 Å². The highest BCUT2D eigenvalue weighted by molar-refractivity contribution is 7.16. The van der Waals surface area contributed by atoms with Crippen molar-refractivity contribution in [3.8, 4) is 0 Å². The lowest BCUT2D eigenvalue weighted by Crippen LogP contribution is -2.39. The van der Waals surface area contributed by atoms with Crippen LogP contribution in [0.5, 0.6) is 0 Å². The molecule has 0 fully saturated rings. The van der Waals surface area contributed by atoms with Crippen molar-refractivity contribution in [1.82, 2.24) is 4.90 Å². The van der Waals surface area contributed by atoms with Crippen LogP contribution in [0.1, 0.15) is 10.9 Å². The fraction of sp³-hybridized carbons (Fsp3) is 0.556. The van der Waals surface area contributed by atoms with Crippen molar-refractivity contribution in [3.63, 3.8) is 0 Å². The second-order valence-electron chi connectivity index (χ2n) is 3.40. The molecule has 0 aliphatic rings. The minimum atomic E-state index is -0.278. The lowest BCUT2D eigenvalue weighted by Gasteiger charge is -2.27. The maximum absolute atomic E-state index is 9.04. The van der Waals surface area contributed by atoms with Crippen molar-refractivity contribution in [3.05, 3.63) is 21.3 Å². The Morgan fingerprint density at radius 2 is 2.21 bits per heavy atom. The van der Waals surface area contributed by atoms with Gasteiger partial charge in [-0.1, -0.05) is 11.6 Å². The highest BCUT2D eigenvalue weighted by Crippen LogP contribution is 2.30. The molecular formula is C9H15ClN2OS. The third kappa shape index (κ3) is 2.68. The fourth-order valence-electron chi connectivity index (χ4n) is 1.44. The Labute approximate surface area is 93.1 Å². The molecule has 0 aliphatic heterocycles. The molecule has 0 saturated heterocycles. The Kier molecular flexibility index (Phi) is 4.34. The molecule has 1 aromatic heterocycles. The summed E-state index contributed by atoms with van der Waals surface area (Å²) in [7, 11) is 3.88. The minimum Gasteiger partial charge on any atom is -0.395 e. The fourth-order valence-corrected chi connectivity index (χ4v) is 2.77. The second kappa shape index (κ2) is 5.09. The Hall–Kier alpha value is -0.130. The molecule has 1 aromatic rings. The van der Waals surface area contributed by atoms with Gasteiger partial charge in [-0.15, -0.1) is 11.3 Å². The van der Waals surface area contributed by atoms with E-state index in [-0.39, 0.29) is 18.7 Å². The van der Waals surface area contributed by atoms with E-state index in [1.165, 1.54) is 11.3 Å². The van der Waals surface area contributed by atoms with Gasteiger partial charge in [-0.25, -0.2) is 0 Å². The van der Waals surface area contributed by atoms with Crippen molar-refractivity contribution in [2.75, 3.05) is 20.7 Å². The highest BCUT2D eigenvalue weighted by Gasteiger charge is 2.22. The Balaban J connectivity index is 2.88. The summed E-state index contributed by atoms with van der Waals surface area (Å²) in [4.78, 5) is 3.07. The number of hydrogen-bond donors (Lipinski definition) is 2. The second-order valence-corrected chi connectivity index (χ2v) is 5.14. The predicted octanol–water partition coefficient (Wildman–Crippen LogP) is 1.32. The first kappa shape index (κ1) is 11.9. The van der Waals surface area contributed by atoms with E-state index in [0.717, 1.165) is 9.21 Å². The third-order valence-corrected chi connectivity index (χ3v) is 3.36. The third-order valence-electron chi connectivity index (χ3n) is 2.06. The monoisotopic (exact) mass is 234 g/mol. The van der Waals surface area contributed by atoms with Crippen molar-refractivity contribution in [2.24, 2.45) is 5.73 Å². The van der Waals surface area contributed by atoms with Gasteiger partial charge in [0.2, 0.25) is 0 Å². The number of nitrogens with zero attached hydrogens (tertiary/aromatic N) is 1. The van der Waals surface area contributed by atoms with Crippen LogP contribution in [0.3, 0.4) is 0 Å². The first-order valence-electron chi connectivity index (χ1n) is 4.34. The van der Waals surface area contributed by atoms with E-state index in [0.29, 0.717) is 0 Å². The van der Waals surface area contributed by atoms with Gasteiger partial charge in [0.1, 0.15) is 0 Å². The number of likely N-dealkylation sites (N-methyl/N-ethyl adjacent to an activating group) is 1. The molecule has 0 spiro atoms. The zero-order chi connectivity index (χ0) is 10.7. The Morgan fingerprint density at radius 3 is 2.57 bits per heavy atom. The van der Waals surface area contributed by atoms with E-state index < -0.39 is 0 Å². The number of halogens is 1. The maximum atomic E-state index is 9.04. The van der Waals surface area contributed by atoms with E-state index >= 15 is 0 Å². The topological polar surface area (TPSA) is 49.5 Å². The van der Waals surface area contributed by atoms with Crippen molar-refractivity contribution < 1.29 is 5.11 Å². The molecule has 2 unspecified atom stereocenters. The molecule has 5 heteroatoms. The predicted molar refractivity (Wildman–Crippen MR) is 60.8 cm³/mol. The molecule has 0 bridgehead atoms. The molecule has 3 nitrogen and oxygen atoms in total. The number of aliphatic hydroxyl groups is 1. The first-order chi connectivity index (χ1) is 6.56. The molecule has 0 amide bonds. The van der Waals surface area contributed by atoms with Crippen LogP contribution >= 0.6 is 22.9 Å². The van der Waals surface area contributed by atoms with Crippen LogP contribution in [0.2, 0.25) is 4.34 Å². The molecule has 2 atom stereocenters. The SMILES string of the molecule is CN(C)C(c1ccc(Cl)s1)C(N)CO. The number of hydrogen-bond acceptors (Lipinski definition) is 4. The van der Waals surface area contributed by atoms with Gasteiger partial charge < -0.3 is 15.7 Å². The summed E-state index contributed by atoms with van der Waals surface area (Å²) in [5.74, 6) is 0. The molecule has 1 rings (SSSR count). The molecule has 3 N–H and O–H groups in total. The van der Waals surface area contributed by atoms with Crippen molar-refractivity contribution >= 4 is 22.9 Å². The average molecular weight is 235 g/mol. The van der Waals surface area contributed by atoms with Crippen LogP contribution in [0.4, 0.5) is 0 Å².